The lowest BCUT2D eigenvalue weighted by molar-refractivity contribution is -0.158. The first-order valence-corrected chi connectivity index (χ1v) is 5.66. The van der Waals surface area contributed by atoms with Gasteiger partial charge in [-0.15, -0.1) is 0 Å². The molecule has 82 valence electrons. The van der Waals surface area contributed by atoms with Gasteiger partial charge in [0.05, 0.1) is 6.10 Å². The summed E-state index contributed by atoms with van der Waals surface area (Å²) in [5.74, 6) is -0.557. The molecule has 0 aromatic carbocycles. The van der Waals surface area contributed by atoms with E-state index >= 15 is 0 Å². The fourth-order valence-electron chi connectivity index (χ4n) is 0.699. The minimum Gasteiger partial charge on any atom is -0.459 e. The van der Waals surface area contributed by atoms with Gasteiger partial charge in [0, 0.05) is 6.42 Å². The number of hydrogen-bond acceptors (Lipinski definition) is 4. The number of ether oxygens (including phenoxy) is 2. The molecule has 0 amide bonds. The number of thiol groups is 1. The molecule has 14 heavy (non-hydrogen) atoms. The van der Waals surface area contributed by atoms with Crippen molar-refractivity contribution in [2.75, 3.05) is 0 Å². The molecule has 0 fully saturated rings. The summed E-state index contributed by atoms with van der Waals surface area (Å²) in [6.45, 7) is 5.19. The molecule has 6 heteroatoms. The molecule has 0 aliphatic rings. The Morgan fingerprint density at radius 3 is 2.29 bits per heavy atom. The first-order valence-electron chi connectivity index (χ1n) is 4.13. The average Bonchev–Trinajstić information content (AvgIpc) is 2.01. The van der Waals surface area contributed by atoms with Crippen LogP contribution in [-0.4, -0.2) is 21.0 Å². The Balaban J connectivity index is 4.50. The van der Waals surface area contributed by atoms with Crippen LogP contribution in [0.15, 0.2) is 0 Å². The highest BCUT2D eigenvalue weighted by molar-refractivity contribution is 14.1. The third kappa shape index (κ3) is 4.50. The van der Waals surface area contributed by atoms with E-state index in [2.05, 4.69) is 12.6 Å². The van der Waals surface area contributed by atoms with Crippen molar-refractivity contribution in [1.29, 1.82) is 0 Å². The molecule has 0 N–H and O–H groups in total. The van der Waals surface area contributed by atoms with Crippen LogP contribution in [0.25, 0.3) is 0 Å². The van der Waals surface area contributed by atoms with E-state index in [0.29, 0.717) is 6.42 Å². The molecule has 0 aromatic heterocycles. The minimum absolute atomic E-state index is 0.234. The first-order chi connectivity index (χ1) is 6.31. The van der Waals surface area contributed by atoms with Crippen molar-refractivity contribution in [1.82, 2.24) is 0 Å². The van der Waals surface area contributed by atoms with Crippen LogP contribution in [0, 0.1) is 0 Å². The van der Waals surface area contributed by atoms with E-state index in [1.54, 1.807) is 43.4 Å². The lowest BCUT2D eigenvalue weighted by atomic mass is 10.3. The summed E-state index contributed by atoms with van der Waals surface area (Å²) in [6.07, 6.45) is 0.104. The molecule has 0 rings (SSSR count). The van der Waals surface area contributed by atoms with Crippen molar-refractivity contribution in [2.45, 2.75) is 36.9 Å². The fraction of sp³-hybridized carbons (Fsp3) is 0.750. The van der Waals surface area contributed by atoms with Crippen LogP contribution in [-0.2, 0) is 14.3 Å². The molecule has 1 unspecified atom stereocenters. The Morgan fingerprint density at radius 2 is 2.00 bits per heavy atom. The number of carbonyl (C=O) groups excluding carboxylic acids is 2. The van der Waals surface area contributed by atoms with Crippen molar-refractivity contribution >= 4 is 46.5 Å². The highest BCUT2D eigenvalue weighted by Gasteiger charge is 2.39. The molecule has 4 nitrogen and oxygen atoms in total. The van der Waals surface area contributed by atoms with Gasteiger partial charge in [0.25, 0.3) is 3.61 Å². The largest absolute Gasteiger partial charge is 0.459 e. The van der Waals surface area contributed by atoms with Crippen molar-refractivity contribution in [3.05, 3.63) is 0 Å². The zero-order valence-electron chi connectivity index (χ0n) is 8.24. The molecule has 0 bridgehead atoms. The SMILES string of the molecule is CCC(I)(OC(=O)S)C(=O)OC(C)C. The van der Waals surface area contributed by atoms with Crippen molar-refractivity contribution < 1.29 is 19.1 Å². The monoisotopic (exact) mass is 332 g/mol. The summed E-state index contributed by atoms with van der Waals surface area (Å²) in [4.78, 5) is 22.1. The molecular weight excluding hydrogens is 319 g/mol. The molecule has 0 saturated carbocycles. The maximum Gasteiger partial charge on any atom is 0.366 e. The zero-order valence-corrected chi connectivity index (χ0v) is 11.3. The fourth-order valence-corrected chi connectivity index (χ4v) is 1.36. The summed E-state index contributed by atoms with van der Waals surface area (Å²) in [5.41, 5.74) is 0. The van der Waals surface area contributed by atoms with Gasteiger partial charge in [0.1, 0.15) is 0 Å². The van der Waals surface area contributed by atoms with Crippen LogP contribution in [0.4, 0.5) is 4.79 Å². The summed E-state index contributed by atoms with van der Waals surface area (Å²) in [7, 11) is 0. The Morgan fingerprint density at radius 1 is 1.50 bits per heavy atom. The van der Waals surface area contributed by atoms with E-state index < -0.39 is 14.9 Å². The molecule has 0 aromatic rings. The zero-order chi connectivity index (χ0) is 11.4. The first kappa shape index (κ1) is 14.0. The van der Waals surface area contributed by atoms with Crippen molar-refractivity contribution in [3.63, 3.8) is 0 Å². The Bertz CT molecular complexity index is 231. The van der Waals surface area contributed by atoms with E-state index in [0.717, 1.165) is 0 Å². The maximum absolute atomic E-state index is 11.5. The molecule has 0 aliphatic heterocycles. The van der Waals surface area contributed by atoms with Crippen LogP contribution in [0.2, 0.25) is 0 Å². The van der Waals surface area contributed by atoms with E-state index in [-0.39, 0.29) is 6.10 Å². The van der Waals surface area contributed by atoms with E-state index in [4.69, 9.17) is 9.47 Å². The second-order valence-electron chi connectivity index (χ2n) is 2.90. The van der Waals surface area contributed by atoms with Crippen LogP contribution >= 0.6 is 35.2 Å². The molecule has 1 atom stereocenters. The lowest BCUT2D eigenvalue weighted by Gasteiger charge is -2.24. The standard InChI is InChI=1S/C8H13IO4S/c1-4-8(9,13-7(11)14)6(10)12-5(2)3/h5H,4H2,1-3H3,(H,11,14). The van der Waals surface area contributed by atoms with E-state index in [1.165, 1.54) is 0 Å². The second-order valence-corrected chi connectivity index (χ2v) is 5.01. The average molecular weight is 332 g/mol. The number of carbonyl (C=O) groups is 2. The van der Waals surface area contributed by atoms with Gasteiger partial charge in [-0.3, -0.25) is 0 Å². The molecule has 0 heterocycles. The number of esters is 1. The predicted octanol–water partition coefficient (Wildman–Crippen LogP) is 2.55. The maximum atomic E-state index is 11.5. The van der Waals surface area contributed by atoms with Crippen molar-refractivity contribution in [2.24, 2.45) is 0 Å². The van der Waals surface area contributed by atoms with Crippen LogP contribution in [0.3, 0.4) is 0 Å². The highest BCUT2D eigenvalue weighted by Crippen LogP contribution is 2.28. The van der Waals surface area contributed by atoms with Gasteiger partial charge in [-0.2, -0.15) is 0 Å². The van der Waals surface area contributed by atoms with Crippen molar-refractivity contribution in [3.8, 4) is 0 Å². The van der Waals surface area contributed by atoms with Gasteiger partial charge >= 0.3 is 11.3 Å². The van der Waals surface area contributed by atoms with Gasteiger partial charge in [0.15, 0.2) is 0 Å². The van der Waals surface area contributed by atoms with Crippen LogP contribution in [0.1, 0.15) is 27.2 Å². The second kappa shape index (κ2) is 5.79. The van der Waals surface area contributed by atoms with Gasteiger partial charge in [-0.25, -0.2) is 9.59 Å². The minimum atomic E-state index is -1.26. The van der Waals surface area contributed by atoms with E-state index in [1.807, 2.05) is 0 Å². The Hall–Kier alpha value is 0.0200. The normalized spacial score (nSPS) is 14.7. The third-order valence-electron chi connectivity index (χ3n) is 1.35. The van der Waals surface area contributed by atoms with Gasteiger partial charge in [-0.05, 0) is 36.4 Å². The lowest BCUT2D eigenvalue weighted by Crippen LogP contribution is -2.38. The smallest absolute Gasteiger partial charge is 0.366 e. The Labute approximate surface area is 102 Å². The van der Waals surface area contributed by atoms with Gasteiger partial charge < -0.3 is 9.47 Å². The molecule has 0 aliphatic carbocycles. The summed E-state index contributed by atoms with van der Waals surface area (Å²) >= 11 is 5.20. The van der Waals surface area contributed by atoms with Crippen LogP contribution in [0.5, 0.6) is 0 Å². The summed E-state index contributed by atoms with van der Waals surface area (Å²) in [5, 5.41) is -0.790. The molecular formula is C8H13IO4S. The van der Waals surface area contributed by atoms with Crippen LogP contribution < -0.4 is 0 Å². The molecule has 0 radical (unpaired) electrons. The van der Waals surface area contributed by atoms with Gasteiger partial charge in [-0.1, -0.05) is 19.6 Å². The number of hydrogen-bond donors (Lipinski definition) is 1. The summed E-state index contributed by atoms with van der Waals surface area (Å²) < 4.78 is 8.47. The quantitative estimate of drug-likeness (QED) is 0.372. The highest BCUT2D eigenvalue weighted by atomic mass is 127. The molecule has 0 saturated heterocycles. The number of halogens is 1. The topological polar surface area (TPSA) is 52.6 Å². The number of alkyl halides is 1. The van der Waals surface area contributed by atoms with Gasteiger partial charge in [0.2, 0.25) is 0 Å². The number of rotatable bonds is 4. The third-order valence-corrected chi connectivity index (χ3v) is 2.87. The predicted molar refractivity (Wildman–Crippen MR) is 63.7 cm³/mol. The molecule has 0 spiro atoms. The van der Waals surface area contributed by atoms with E-state index in [9.17, 15) is 9.59 Å². The summed E-state index contributed by atoms with van der Waals surface area (Å²) in [6, 6.07) is 0. The Kier molecular flexibility index (Phi) is 5.80.